The second-order valence-electron chi connectivity index (χ2n) is 6.28. The van der Waals surface area contributed by atoms with Crippen molar-refractivity contribution in [3.05, 3.63) is 48.0 Å². The summed E-state index contributed by atoms with van der Waals surface area (Å²) in [6.07, 6.45) is 1.64. The lowest BCUT2D eigenvalue weighted by Gasteiger charge is -2.35. The van der Waals surface area contributed by atoms with Gasteiger partial charge in [-0.25, -0.2) is 0 Å². The molecule has 0 aliphatic carbocycles. The second-order valence-corrected chi connectivity index (χ2v) is 6.28. The van der Waals surface area contributed by atoms with Crippen molar-refractivity contribution >= 4 is 16.7 Å². The quantitative estimate of drug-likeness (QED) is 0.892. The minimum absolute atomic E-state index is 0.105. The maximum absolute atomic E-state index is 12.8. The van der Waals surface area contributed by atoms with Crippen LogP contribution in [0, 0.1) is 5.41 Å². The van der Waals surface area contributed by atoms with Crippen molar-refractivity contribution in [2.24, 2.45) is 5.41 Å². The average Bonchev–Trinajstić information content (AvgIpc) is 2.60. The smallest absolute Gasteiger partial charge is 0.228 e. The van der Waals surface area contributed by atoms with E-state index in [-0.39, 0.29) is 5.91 Å². The molecule has 2 N–H and O–H groups in total. The summed E-state index contributed by atoms with van der Waals surface area (Å²) in [5.41, 5.74) is 0.753. The molecular formula is C19H24N2O2. The Balaban J connectivity index is 1.74. The van der Waals surface area contributed by atoms with Crippen LogP contribution in [0.4, 0.5) is 0 Å². The van der Waals surface area contributed by atoms with Gasteiger partial charge in [0, 0.05) is 13.7 Å². The minimum Gasteiger partial charge on any atom is -0.384 e. The molecule has 1 fully saturated rings. The Hall–Kier alpha value is -1.91. The molecule has 0 bridgehead atoms. The number of fused-ring (bicyclic) bond motifs is 1. The van der Waals surface area contributed by atoms with Crippen LogP contribution in [0.2, 0.25) is 0 Å². The van der Waals surface area contributed by atoms with Gasteiger partial charge in [0.05, 0.1) is 12.0 Å². The molecule has 2 aromatic rings. The number of hydrogen-bond donors (Lipinski definition) is 2. The third kappa shape index (κ3) is 3.38. The first-order valence-electron chi connectivity index (χ1n) is 8.20. The lowest BCUT2D eigenvalue weighted by Crippen LogP contribution is -2.49. The Morgan fingerprint density at radius 2 is 1.91 bits per heavy atom. The van der Waals surface area contributed by atoms with Crippen LogP contribution in [0.25, 0.3) is 10.8 Å². The molecular weight excluding hydrogens is 288 g/mol. The molecule has 0 saturated carbocycles. The first-order chi connectivity index (χ1) is 11.2. The Bertz CT molecular complexity index is 667. The normalized spacial score (nSPS) is 17.1. The summed E-state index contributed by atoms with van der Waals surface area (Å²) in [6.45, 7) is 2.77. The van der Waals surface area contributed by atoms with Gasteiger partial charge in [-0.2, -0.15) is 0 Å². The van der Waals surface area contributed by atoms with E-state index < -0.39 is 5.41 Å². The summed E-state index contributed by atoms with van der Waals surface area (Å²) < 4.78 is 5.34. The fourth-order valence-electron chi connectivity index (χ4n) is 3.43. The predicted molar refractivity (Wildman–Crippen MR) is 92.2 cm³/mol. The van der Waals surface area contributed by atoms with Crippen molar-refractivity contribution in [3.8, 4) is 0 Å². The topological polar surface area (TPSA) is 50.4 Å². The van der Waals surface area contributed by atoms with Gasteiger partial charge in [-0.05, 0) is 42.3 Å². The van der Waals surface area contributed by atoms with E-state index in [1.807, 2.05) is 18.2 Å². The van der Waals surface area contributed by atoms with E-state index in [9.17, 15) is 4.79 Å². The highest BCUT2D eigenvalue weighted by Crippen LogP contribution is 2.29. The van der Waals surface area contributed by atoms with E-state index in [4.69, 9.17) is 4.74 Å². The van der Waals surface area contributed by atoms with Crippen molar-refractivity contribution in [3.63, 3.8) is 0 Å². The molecule has 1 aliphatic heterocycles. The first kappa shape index (κ1) is 16.0. The highest BCUT2D eigenvalue weighted by molar-refractivity contribution is 5.87. The highest BCUT2D eigenvalue weighted by Gasteiger charge is 2.39. The first-order valence-corrected chi connectivity index (χ1v) is 8.20. The summed E-state index contributed by atoms with van der Waals surface area (Å²) in [6, 6.07) is 14.5. The molecule has 0 aromatic heterocycles. The number of nitrogens with one attached hydrogen (secondary N) is 2. The Kier molecular flexibility index (Phi) is 4.94. The molecule has 3 rings (SSSR count). The average molecular weight is 312 g/mol. The molecule has 23 heavy (non-hydrogen) atoms. The van der Waals surface area contributed by atoms with Crippen LogP contribution in [-0.4, -0.2) is 32.7 Å². The van der Waals surface area contributed by atoms with E-state index in [1.165, 1.54) is 10.8 Å². The SMILES string of the molecule is COCC1(C(=O)NCc2cccc3ccccc23)CCNCC1. The third-order valence-electron chi connectivity index (χ3n) is 4.78. The Morgan fingerprint density at radius 3 is 2.70 bits per heavy atom. The minimum atomic E-state index is -0.398. The molecule has 1 aliphatic rings. The number of methoxy groups -OCH3 is 1. The summed E-state index contributed by atoms with van der Waals surface area (Å²) in [5.74, 6) is 0.105. The molecule has 0 radical (unpaired) electrons. The monoisotopic (exact) mass is 312 g/mol. The van der Waals surface area contributed by atoms with Gasteiger partial charge in [0.2, 0.25) is 5.91 Å². The third-order valence-corrected chi connectivity index (χ3v) is 4.78. The van der Waals surface area contributed by atoms with Crippen LogP contribution in [0.3, 0.4) is 0 Å². The number of piperidine rings is 1. The van der Waals surface area contributed by atoms with Crippen LogP contribution in [-0.2, 0) is 16.1 Å². The molecule has 4 heteroatoms. The number of amides is 1. The van der Waals surface area contributed by atoms with Crippen LogP contribution in [0.15, 0.2) is 42.5 Å². The maximum Gasteiger partial charge on any atom is 0.228 e. The van der Waals surface area contributed by atoms with Crippen molar-refractivity contribution in [2.75, 3.05) is 26.8 Å². The zero-order valence-electron chi connectivity index (χ0n) is 13.6. The van der Waals surface area contributed by atoms with E-state index in [0.29, 0.717) is 13.2 Å². The number of ether oxygens (including phenoxy) is 1. The standard InChI is InChI=1S/C19H24N2O2/c1-23-14-19(9-11-20-12-10-19)18(22)21-13-16-7-4-6-15-5-2-3-8-17(15)16/h2-8,20H,9-14H2,1H3,(H,21,22). The molecule has 122 valence electrons. The Morgan fingerprint density at radius 1 is 1.17 bits per heavy atom. The fourth-order valence-corrected chi connectivity index (χ4v) is 3.43. The van der Waals surface area contributed by atoms with Crippen LogP contribution in [0.1, 0.15) is 18.4 Å². The van der Waals surface area contributed by atoms with Gasteiger partial charge in [0.15, 0.2) is 0 Å². The van der Waals surface area contributed by atoms with E-state index in [1.54, 1.807) is 7.11 Å². The van der Waals surface area contributed by atoms with E-state index >= 15 is 0 Å². The second kappa shape index (κ2) is 7.11. The van der Waals surface area contributed by atoms with E-state index in [2.05, 4.69) is 34.9 Å². The number of benzene rings is 2. The van der Waals surface area contributed by atoms with Crippen LogP contribution in [0.5, 0.6) is 0 Å². The predicted octanol–water partition coefficient (Wildman–Crippen LogP) is 2.47. The van der Waals surface area contributed by atoms with Gasteiger partial charge in [-0.1, -0.05) is 42.5 Å². The molecule has 4 nitrogen and oxygen atoms in total. The largest absolute Gasteiger partial charge is 0.384 e. The fraction of sp³-hybridized carbons (Fsp3) is 0.421. The van der Waals surface area contributed by atoms with Gasteiger partial charge in [0.25, 0.3) is 0 Å². The summed E-state index contributed by atoms with van der Waals surface area (Å²) >= 11 is 0. The number of rotatable bonds is 5. The summed E-state index contributed by atoms with van der Waals surface area (Å²) in [7, 11) is 1.67. The molecule has 1 heterocycles. The van der Waals surface area contributed by atoms with Gasteiger partial charge >= 0.3 is 0 Å². The number of carbonyl (C=O) groups excluding carboxylic acids is 1. The van der Waals surface area contributed by atoms with Gasteiger partial charge in [0.1, 0.15) is 0 Å². The molecule has 1 saturated heterocycles. The van der Waals surface area contributed by atoms with Crippen molar-refractivity contribution in [2.45, 2.75) is 19.4 Å². The van der Waals surface area contributed by atoms with Gasteiger partial charge in [-0.15, -0.1) is 0 Å². The van der Waals surface area contributed by atoms with E-state index in [0.717, 1.165) is 31.5 Å². The van der Waals surface area contributed by atoms with Crippen LogP contribution < -0.4 is 10.6 Å². The van der Waals surface area contributed by atoms with Crippen LogP contribution >= 0.6 is 0 Å². The van der Waals surface area contributed by atoms with Crippen molar-refractivity contribution in [1.82, 2.24) is 10.6 Å². The van der Waals surface area contributed by atoms with Gasteiger partial charge < -0.3 is 15.4 Å². The van der Waals surface area contributed by atoms with Gasteiger partial charge in [-0.3, -0.25) is 4.79 Å². The molecule has 2 aromatic carbocycles. The lowest BCUT2D eigenvalue weighted by molar-refractivity contribution is -0.136. The molecule has 0 spiro atoms. The number of carbonyl (C=O) groups is 1. The highest BCUT2D eigenvalue weighted by atomic mass is 16.5. The molecule has 0 atom stereocenters. The van der Waals surface area contributed by atoms with Crippen molar-refractivity contribution < 1.29 is 9.53 Å². The zero-order valence-corrected chi connectivity index (χ0v) is 13.6. The zero-order chi connectivity index (χ0) is 16.1. The number of hydrogen-bond acceptors (Lipinski definition) is 3. The lowest BCUT2D eigenvalue weighted by atomic mass is 9.78. The van der Waals surface area contributed by atoms with Crippen molar-refractivity contribution in [1.29, 1.82) is 0 Å². The maximum atomic E-state index is 12.8. The molecule has 0 unspecified atom stereocenters. The Labute approximate surface area is 137 Å². The summed E-state index contributed by atoms with van der Waals surface area (Å²) in [5, 5.41) is 8.85. The summed E-state index contributed by atoms with van der Waals surface area (Å²) in [4.78, 5) is 12.8. The molecule has 1 amide bonds.